The number of likely N-dealkylation sites (tertiary alicyclic amines) is 1. The van der Waals surface area contributed by atoms with Crippen LogP contribution >= 0.6 is 0 Å². The van der Waals surface area contributed by atoms with E-state index >= 15 is 0 Å². The van der Waals surface area contributed by atoms with Crippen LogP contribution in [-0.2, 0) is 17.8 Å². The average Bonchev–Trinajstić information content (AvgIpc) is 3.23. The quantitative estimate of drug-likeness (QED) is 0.275. The van der Waals surface area contributed by atoms with E-state index in [1.54, 1.807) is 24.3 Å². The zero-order chi connectivity index (χ0) is 28.5. The molecule has 0 aromatic heterocycles. The molecule has 0 bridgehead atoms. The molecular weight excluding hydrogens is 508 g/mol. The van der Waals surface area contributed by atoms with Gasteiger partial charge in [-0.1, -0.05) is 31.0 Å². The summed E-state index contributed by atoms with van der Waals surface area (Å²) in [6.07, 6.45) is 7.08. The Morgan fingerprint density at radius 2 is 1.73 bits per heavy atom. The first-order chi connectivity index (χ1) is 19.3. The molecule has 1 unspecified atom stereocenters. The number of guanidine groups is 1. The van der Waals surface area contributed by atoms with Gasteiger partial charge >= 0.3 is 5.97 Å². The Balaban J connectivity index is 1.47. The first-order valence-corrected chi connectivity index (χ1v) is 14.2. The second-order valence-corrected chi connectivity index (χ2v) is 10.8. The second kappa shape index (κ2) is 14.1. The molecule has 0 saturated carbocycles. The van der Waals surface area contributed by atoms with Crippen molar-refractivity contribution in [3.63, 3.8) is 0 Å². The van der Waals surface area contributed by atoms with E-state index in [4.69, 9.17) is 21.3 Å². The monoisotopic (exact) mass is 550 g/mol. The number of carboxylic acids is 1. The molecule has 40 heavy (non-hydrogen) atoms. The van der Waals surface area contributed by atoms with Gasteiger partial charge in [0.05, 0.1) is 6.54 Å². The van der Waals surface area contributed by atoms with Gasteiger partial charge in [0.1, 0.15) is 17.9 Å². The molecule has 2 heterocycles. The van der Waals surface area contributed by atoms with E-state index in [2.05, 4.69) is 39.3 Å². The Hall–Kier alpha value is -3.63. The number of rotatable bonds is 9. The van der Waals surface area contributed by atoms with Gasteiger partial charge in [-0.05, 0) is 69.0 Å². The van der Waals surface area contributed by atoms with E-state index in [0.29, 0.717) is 5.56 Å². The Labute approximate surface area is 236 Å². The van der Waals surface area contributed by atoms with Gasteiger partial charge in [0, 0.05) is 43.0 Å². The maximum Gasteiger partial charge on any atom is 0.320 e. The molecule has 2 aromatic carbocycles. The Bertz CT molecular complexity index is 1170. The van der Waals surface area contributed by atoms with Gasteiger partial charge in [0.2, 0.25) is 0 Å². The van der Waals surface area contributed by atoms with Crippen LogP contribution in [0.2, 0.25) is 0 Å². The van der Waals surface area contributed by atoms with Crippen LogP contribution in [0.1, 0.15) is 60.0 Å². The number of carbonyl (C=O) groups is 2. The number of piperidine rings is 1. The molecule has 1 atom stereocenters. The molecule has 10 nitrogen and oxygen atoms in total. The van der Waals surface area contributed by atoms with Crippen molar-refractivity contribution < 1.29 is 19.4 Å². The molecule has 0 aliphatic carbocycles. The van der Waals surface area contributed by atoms with Crippen molar-refractivity contribution in [2.75, 3.05) is 38.1 Å². The predicted octanol–water partition coefficient (Wildman–Crippen LogP) is 2.74. The third-order valence-electron chi connectivity index (χ3n) is 7.65. The number of nitrogens with zero attached hydrogens (tertiary/aromatic N) is 3. The van der Waals surface area contributed by atoms with Gasteiger partial charge in [0.15, 0.2) is 5.96 Å². The molecule has 4 rings (SSSR count). The van der Waals surface area contributed by atoms with Crippen LogP contribution in [0.25, 0.3) is 0 Å². The summed E-state index contributed by atoms with van der Waals surface area (Å²) in [5.74, 6) is -0.603. The number of nitrogens with two attached hydrogens (primary N) is 2. The smallest absolute Gasteiger partial charge is 0.320 e. The molecule has 6 N–H and O–H groups in total. The van der Waals surface area contributed by atoms with Crippen LogP contribution in [-0.4, -0.2) is 73.2 Å². The predicted molar refractivity (Wildman–Crippen MR) is 157 cm³/mol. The van der Waals surface area contributed by atoms with Gasteiger partial charge in [-0.2, -0.15) is 0 Å². The normalized spacial score (nSPS) is 18.1. The molecule has 2 aliphatic rings. The van der Waals surface area contributed by atoms with E-state index in [1.165, 1.54) is 12.8 Å². The first kappa shape index (κ1) is 29.4. The van der Waals surface area contributed by atoms with Crippen molar-refractivity contribution in [3.8, 4) is 5.75 Å². The lowest BCUT2D eigenvalue weighted by Crippen LogP contribution is -2.37. The molecule has 2 aromatic rings. The number of hydrogen-bond donors (Lipinski definition) is 4. The van der Waals surface area contributed by atoms with Crippen LogP contribution in [0.4, 0.5) is 5.69 Å². The SMILES string of the molecule is CN1CCC(Oc2cccc(N3CCCCCC3)c2CN=C(N)NC(=O)c2ccc(CC(N)C(=O)O)cc2)CC1. The fourth-order valence-corrected chi connectivity index (χ4v) is 5.24. The van der Waals surface area contributed by atoms with Gasteiger partial charge in [-0.15, -0.1) is 0 Å². The third kappa shape index (κ3) is 8.19. The van der Waals surface area contributed by atoms with E-state index in [-0.39, 0.29) is 30.9 Å². The molecule has 1 amide bonds. The van der Waals surface area contributed by atoms with Crippen LogP contribution in [0.3, 0.4) is 0 Å². The minimum atomic E-state index is -1.07. The fourth-order valence-electron chi connectivity index (χ4n) is 5.24. The van der Waals surface area contributed by atoms with E-state index < -0.39 is 12.0 Å². The fraction of sp³-hybridized carbons (Fsp3) is 0.500. The minimum absolute atomic E-state index is 0.0258. The highest BCUT2D eigenvalue weighted by molar-refractivity contribution is 6.05. The zero-order valence-electron chi connectivity index (χ0n) is 23.3. The molecule has 2 saturated heterocycles. The molecule has 0 spiro atoms. The van der Waals surface area contributed by atoms with Gasteiger partial charge < -0.3 is 31.1 Å². The van der Waals surface area contributed by atoms with E-state index in [9.17, 15) is 9.59 Å². The number of amides is 1. The number of carboxylic acid groups (broad SMARTS) is 1. The molecular formula is C30H42N6O4. The Morgan fingerprint density at radius 1 is 1.05 bits per heavy atom. The summed E-state index contributed by atoms with van der Waals surface area (Å²) >= 11 is 0. The number of benzene rings is 2. The Morgan fingerprint density at radius 3 is 2.38 bits per heavy atom. The lowest BCUT2D eigenvalue weighted by molar-refractivity contribution is -0.138. The average molecular weight is 551 g/mol. The maximum atomic E-state index is 12.8. The molecule has 2 fully saturated rings. The second-order valence-electron chi connectivity index (χ2n) is 10.8. The molecule has 2 aliphatic heterocycles. The van der Waals surface area contributed by atoms with Crippen LogP contribution in [0.5, 0.6) is 5.75 Å². The number of nitrogens with one attached hydrogen (secondary N) is 1. The van der Waals surface area contributed by atoms with Crippen molar-refractivity contribution in [1.29, 1.82) is 0 Å². The summed E-state index contributed by atoms with van der Waals surface area (Å²) < 4.78 is 6.54. The maximum absolute atomic E-state index is 12.8. The Kier molecular flexibility index (Phi) is 10.4. The lowest BCUT2D eigenvalue weighted by Gasteiger charge is -2.31. The van der Waals surface area contributed by atoms with Gasteiger partial charge in [-0.3, -0.25) is 14.9 Å². The van der Waals surface area contributed by atoms with Crippen molar-refractivity contribution >= 4 is 23.5 Å². The number of aliphatic imine (C=N–C) groups is 1. The topological polar surface area (TPSA) is 147 Å². The summed E-state index contributed by atoms with van der Waals surface area (Å²) in [6, 6.07) is 11.8. The number of aliphatic carboxylic acids is 1. The highest BCUT2D eigenvalue weighted by Crippen LogP contribution is 2.33. The molecule has 0 radical (unpaired) electrons. The molecule has 216 valence electrons. The first-order valence-electron chi connectivity index (χ1n) is 14.2. The largest absolute Gasteiger partial charge is 0.490 e. The lowest BCUT2D eigenvalue weighted by atomic mass is 10.0. The highest BCUT2D eigenvalue weighted by Gasteiger charge is 2.22. The van der Waals surface area contributed by atoms with Gasteiger partial charge in [0.25, 0.3) is 5.91 Å². The summed E-state index contributed by atoms with van der Waals surface area (Å²) in [6.45, 7) is 4.29. The number of anilines is 1. The van der Waals surface area contributed by atoms with Crippen molar-refractivity contribution in [1.82, 2.24) is 10.2 Å². The summed E-state index contributed by atoms with van der Waals surface area (Å²) in [5.41, 5.74) is 15.0. The van der Waals surface area contributed by atoms with Crippen LogP contribution < -0.4 is 26.4 Å². The van der Waals surface area contributed by atoms with Crippen molar-refractivity contribution in [2.45, 2.75) is 63.6 Å². The van der Waals surface area contributed by atoms with Crippen LogP contribution in [0, 0.1) is 0 Å². The summed E-state index contributed by atoms with van der Waals surface area (Å²) in [5, 5.41) is 11.7. The van der Waals surface area contributed by atoms with Crippen molar-refractivity contribution in [2.24, 2.45) is 16.5 Å². The highest BCUT2D eigenvalue weighted by atomic mass is 16.5. The summed E-state index contributed by atoms with van der Waals surface area (Å²) in [7, 11) is 2.14. The van der Waals surface area contributed by atoms with E-state index in [1.807, 2.05) is 6.07 Å². The van der Waals surface area contributed by atoms with Crippen LogP contribution in [0.15, 0.2) is 47.5 Å². The number of carbonyl (C=O) groups excluding carboxylic acids is 1. The minimum Gasteiger partial charge on any atom is -0.490 e. The number of ether oxygens (including phenoxy) is 1. The van der Waals surface area contributed by atoms with E-state index in [0.717, 1.165) is 74.4 Å². The zero-order valence-corrected chi connectivity index (χ0v) is 23.3. The van der Waals surface area contributed by atoms with Crippen molar-refractivity contribution in [3.05, 3.63) is 59.2 Å². The third-order valence-corrected chi connectivity index (χ3v) is 7.65. The standard InChI is InChI=1S/C30H42N6O4/c1-35-17-13-23(14-18-35)40-27-8-6-7-26(36-15-4-2-3-5-16-36)24(27)20-33-30(32)34-28(37)22-11-9-21(10-12-22)19-25(31)29(38)39/h6-12,23,25H,2-5,13-20,31H2,1H3,(H,38,39)(H3,32,33,34,37). The summed E-state index contributed by atoms with van der Waals surface area (Å²) in [4.78, 5) is 33.1. The van der Waals surface area contributed by atoms with Gasteiger partial charge in [-0.25, -0.2) is 4.99 Å². The molecule has 10 heteroatoms. The number of hydrogen-bond acceptors (Lipinski definition) is 7.